The molecule has 4 aliphatic rings. The monoisotopic (exact) mass is 909 g/mol. The van der Waals surface area contributed by atoms with Crippen LogP contribution >= 0.6 is 17.0 Å². The average molecular weight is 912 g/mol. The molecule has 0 N–H and O–H groups in total. The standard InChI is InChI=1S/2C25H29O.C2H7Si.2ClH.Zr/c2*1-5-25(16-26-17-25)15-18-13-20-7-6-8-22(23(20)14-18)19-9-11-21(12-10-19)24(2,3)4;1-3-2;;;/h2*6-14H,5,15-17H2,1-4H3;3H,1-2H3;2*1H;/q;;;;;+2/p-2. The number of halogens is 2. The van der Waals surface area contributed by atoms with Crippen LogP contribution in [0.15, 0.2) is 96.1 Å². The first-order valence-electron chi connectivity index (χ1n) is 21.9. The van der Waals surface area contributed by atoms with E-state index in [0.29, 0.717) is 0 Å². The van der Waals surface area contributed by atoms with Gasteiger partial charge in [0.1, 0.15) is 0 Å². The molecular formula is C52H65Cl2O2SiZr. The summed E-state index contributed by atoms with van der Waals surface area (Å²) in [7, 11) is 18.2. The normalized spacial score (nSPS) is 21.6. The molecule has 2 atom stereocenters. The van der Waals surface area contributed by atoms with Crippen LogP contribution in [0.5, 0.6) is 0 Å². The third-order valence-electron chi connectivity index (χ3n) is 14.9. The van der Waals surface area contributed by atoms with Gasteiger partial charge in [-0.2, -0.15) is 0 Å². The molecular weight excluding hydrogens is 847 g/mol. The van der Waals surface area contributed by atoms with Crippen molar-refractivity contribution < 1.29 is 25.0 Å². The molecule has 2 heterocycles. The molecule has 0 amide bonds. The Kier molecular flexibility index (Phi) is 11.1. The van der Waals surface area contributed by atoms with Crippen LogP contribution in [-0.4, -0.2) is 32.4 Å². The third kappa shape index (κ3) is 7.10. The Balaban J connectivity index is 1.33. The molecule has 2 nitrogen and oxygen atoms in total. The van der Waals surface area contributed by atoms with E-state index in [1.165, 1.54) is 66.8 Å². The van der Waals surface area contributed by atoms with Crippen LogP contribution < -0.4 is 0 Å². The van der Waals surface area contributed by atoms with Crippen molar-refractivity contribution in [2.75, 3.05) is 26.4 Å². The van der Waals surface area contributed by atoms with Gasteiger partial charge in [-0.25, -0.2) is 0 Å². The van der Waals surface area contributed by atoms with Crippen molar-refractivity contribution in [2.45, 2.75) is 112 Å². The van der Waals surface area contributed by atoms with Crippen LogP contribution in [-0.2, 0) is 35.9 Å². The minimum absolute atomic E-state index is 0.0218. The second kappa shape index (κ2) is 15.1. The van der Waals surface area contributed by atoms with Crippen molar-refractivity contribution in [3.63, 3.8) is 0 Å². The molecule has 8 rings (SSSR count). The molecule has 4 aromatic carbocycles. The summed E-state index contributed by atoms with van der Waals surface area (Å²) in [5, 5.41) is 0. The van der Waals surface area contributed by atoms with Gasteiger partial charge in [0, 0.05) is 0 Å². The van der Waals surface area contributed by atoms with E-state index in [0.717, 1.165) is 52.1 Å². The van der Waals surface area contributed by atoms with E-state index in [1.807, 2.05) is 0 Å². The van der Waals surface area contributed by atoms with E-state index in [-0.39, 0.29) is 28.9 Å². The van der Waals surface area contributed by atoms with Gasteiger partial charge in [-0.05, 0) is 0 Å². The van der Waals surface area contributed by atoms with Crippen molar-refractivity contribution in [1.82, 2.24) is 0 Å². The summed E-state index contributed by atoms with van der Waals surface area (Å²) >= 11 is -5.13. The van der Waals surface area contributed by atoms with E-state index < -0.39 is 21.5 Å². The first-order chi connectivity index (χ1) is 27.3. The zero-order valence-corrected chi connectivity index (χ0v) is 41.8. The minimum atomic E-state index is -5.13. The van der Waals surface area contributed by atoms with Crippen LogP contribution in [0.25, 0.3) is 34.4 Å². The molecule has 0 spiro atoms. The summed E-state index contributed by atoms with van der Waals surface area (Å²) in [4.78, 5) is 0. The zero-order chi connectivity index (χ0) is 41.5. The van der Waals surface area contributed by atoms with Crippen LogP contribution in [0.3, 0.4) is 0 Å². The summed E-state index contributed by atoms with van der Waals surface area (Å²) in [5.74, 6) is -1.79. The number of fused-ring (bicyclic) bond motifs is 2. The first-order valence-corrected chi connectivity index (χ1v) is 38.3. The van der Waals surface area contributed by atoms with Gasteiger partial charge in [-0.15, -0.1) is 0 Å². The molecule has 0 radical (unpaired) electrons. The Labute approximate surface area is 358 Å². The van der Waals surface area contributed by atoms with E-state index in [4.69, 9.17) is 26.5 Å². The quantitative estimate of drug-likeness (QED) is 0.140. The molecule has 6 heteroatoms. The second-order valence-electron chi connectivity index (χ2n) is 21.0. The van der Waals surface area contributed by atoms with Crippen LogP contribution in [0.1, 0.15) is 122 Å². The van der Waals surface area contributed by atoms with Crippen molar-refractivity contribution in [3.05, 3.63) is 129 Å². The van der Waals surface area contributed by atoms with Gasteiger partial charge in [-0.1, -0.05) is 0 Å². The van der Waals surface area contributed by atoms with Gasteiger partial charge in [0.15, 0.2) is 0 Å². The number of hydrogen-bond acceptors (Lipinski definition) is 2. The summed E-state index contributed by atoms with van der Waals surface area (Å²) in [6, 6.07) is 32.5. The van der Waals surface area contributed by atoms with Crippen molar-refractivity contribution in [3.8, 4) is 22.3 Å². The predicted octanol–water partition coefficient (Wildman–Crippen LogP) is 14.8. The van der Waals surface area contributed by atoms with Gasteiger partial charge in [0.2, 0.25) is 0 Å². The van der Waals surface area contributed by atoms with E-state index >= 15 is 0 Å². The Hall–Kier alpha value is -2.04. The van der Waals surface area contributed by atoms with Crippen molar-refractivity contribution in [2.24, 2.45) is 10.8 Å². The fraction of sp³-hybridized carbons (Fsp3) is 0.462. The van der Waals surface area contributed by atoms with Crippen molar-refractivity contribution in [1.29, 1.82) is 0 Å². The third-order valence-corrected chi connectivity index (χ3v) is 66.8. The number of allylic oxidation sites excluding steroid dienone is 2. The average Bonchev–Trinajstić information content (AvgIpc) is 3.73. The number of hydrogen-bond donors (Lipinski definition) is 0. The fourth-order valence-electron chi connectivity index (χ4n) is 10.7. The summed E-state index contributed by atoms with van der Waals surface area (Å²) in [6.07, 6.45) is 9.21. The Morgan fingerprint density at radius 1 is 0.586 bits per heavy atom. The van der Waals surface area contributed by atoms with E-state index in [1.54, 1.807) is 0 Å². The molecule has 307 valence electrons. The SMILES string of the molecule is CCC1(CC2=Cc3c(-c4ccc(C(C)(C)C)cc4)cccc3[CH]2[Zr]([Cl])([Cl])([CH]2C(CC3(CC)COC3)=Cc3c(-c4ccc(C(C)(C)C)cc4)cccc32)[SiH](C)C)COC1. The molecule has 4 aromatic rings. The molecule has 2 aliphatic heterocycles. The van der Waals surface area contributed by atoms with Crippen LogP contribution in [0.4, 0.5) is 0 Å². The van der Waals surface area contributed by atoms with Gasteiger partial charge in [-0.3, -0.25) is 0 Å². The predicted molar refractivity (Wildman–Crippen MR) is 249 cm³/mol. The molecule has 58 heavy (non-hydrogen) atoms. The van der Waals surface area contributed by atoms with Gasteiger partial charge < -0.3 is 0 Å². The topological polar surface area (TPSA) is 18.5 Å². The Morgan fingerprint density at radius 3 is 1.22 bits per heavy atom. The van der Waals surface area contributed by atoms with Crippen LogP contribution in [0.2, 0.25) is 13.1 Å². The Bertz CT molecular complexity index is 2100. The zero-order valence-electron chi connectivity index (χ0n) is 36.7. The number of rotatable bonds is 11. The van der Waals surface area contributed by atoms with E-state index in [9.17, 15) is 0 Å². The number of ether oxygens (including phenoxy) is 2. The van der Waals surface area contributed by atoms with Gasteiger partial charge in [0.25, 0.3) is 0 Å². The van der Waals surface area contributed by atoms with E-state index in [2.05, 4.69) is 166 Å². The van der Waals surface area contributed by atoms with Crippen LogP contribution in [0, 0.1) is 10.8 Å². The molecule has 2 saturated heterocycles. The van der Waals surface area contributed by atoms with Gasteiger partial charge >= 0.3 is 361 Å². The molecule has 0 aromatic heterocycles. The summed E-state index contributed by atoms with van der Waals surface area (Å²) in [6.45, 7) is 26.6. The Morgan fingerprint density at radius 2 is 0.948 bits per heavy atom. The maximum absolute atomic E-state index is 9.08. The molecule has 2 unspecified atom stereocenters. The van der Waals surface area contributed by atoms with Crippen molar-refractivity contribution >= 4 is 35.1 Å². The second-order valence-corrected chi connectivity index (χ2v) is 63.5. The first kappa shape index (κ1) is 42.6. The molecule has 0 saturated carbocycles. The summed E-state index contributed by atoms with van der Waals surface area (Å²) in [5.41, 5.74) is 16.4. The maximum atomic E-state index is 9.08. The fourth-order valence-corrected chi connectivity index (χ4v) is 42.0. The number of benzene rings is 4. The molecule has 2 fully saturated rings. The molecule has 0 bridgehead atoms. The summed E-state index contributed by atoms with van der Waals surface area (Å²) < 4.78 is 12.0. The molecule has 2 aliphatic carbocycles. The van der Waals surface area contributed by atoms with Gasteiger partial charge in [0.05, 0.1) is 0 Å².